The maximum atomic E-state index is 12.5. The number of ether oxygens (including phenoxy) is 1. The van der Waals surface area contributed by atoms with Gasteiger partial charge in [-0.1, -0.05) is 19.1 Å². The average Bonchev–Trinajstić information content (AvgIpc) is 2.80. The summed E-state index contributed by atoms with van der Waals surface area (Å²) in [4.78, 5) is 28.5. The van der Waals surface area contributed by atoms with Gasteiger partial charge in [0.1, 0.15) is 0 Å². The molecule has 1 amide bonds. The number of rotatable bonds is 5. The first kappa shape index (κ1) is 17.5. The van der Waals surface area contributed by atoms with E-state index in [1.165, 1.54) is 7.11 Å². The van der Waals surface area contributed by atoms with Crippen molar-refractivity contribution in [2.75, 3.05) is 39.8 Å². The average molecular weight is 318 g/mol. The number of hydrogen-bond donors (Lipinski definition) is 0. The molecule has 0 saturated carbocycles. The van der Waals surface area contributed by atoms with Gasteiger partial charge in [-0.2, -0.15) is 0 Å². The molecule has 1 fully saturated rings. The van der Waals surface area contributed by atoms with E-state index in [2.05, 4.69) is 11.8 Å². The van der Waals surface area contributed by atoms with E-state index in [4.69, 9.17) is 4.74 Å². The van der Waals surface area contributed by atoms with Gasteiger partial charge >= 0.3 is 5.97 Å². The van der Waals surface area contributed by atoms with Crippen LogP contribution in [0.15, 0.2) is 24.3 Å². The Morgan fingerprint density at radius 1 is 1.17 bits per heavy atom. The summed E-state index contributed by atoms with van der Waals surface area (Å²) in [5.41, 5.74) is 1.34. The summed E-state index contributed by atoms with van der Waals surface area (Å²) < 4.78 is 4.72. The quantitative estimate of drug-likeness (QED) is 0.779. The van der Waals surface area contributed by atoms with E-state index in [0.717, 1.165) is 51.1 Å². The molecule has 5 nitrogen and oxygen atoms in total. The molecular weight excluding hydrogens is 292 g/mol. The fraction of sp³-hybridized carbons (Fsp3) is 0.556. The van der Waals surface area contributed by atoms with Crippen molar-refractivity contribution in [2.45, 2.75) is 26.2 Å². The molecule has 1 aliphatic heterocycles. The topological polar surface area (TPSA) is 49.9 Å². The van der Waals surface area contributed by atoms with Crippen LogP contribution in [0.25, 0.3) is 0 Å². The number of methoxy groups -OCH3 is 1. The summed E-state index contributed by atoms with van der Waals surface area (Å²) in [6.07, 6.45) is 2.50. The van der Waals surface area contributed by atoms with E-state index in [0.29, 0.717) is 12.0 Å². The predicted octanol–water partition coefficient (Wildman–Crippen LogP) is 1.96. The third kappa shape index (κ3) is 5.06. The Bertz CT molecular complexity index is 545. The van der Waals surface area contributed by atoms with Gasteiger partial charge in [0.15, 0.2) is 0 Å². The number of carbonyl (C=O) groups excluding carboxylic acids is 2. The van der Waals surface area contributed by atoms with Crippen molar-refractivity contribution in [3.63, 3.8) is 0 Å². The Balaban J connectivity index is 1.95. The number of hydrogen-bond acceptors (Lipinski definition) is 4. The highest BCUT2D eigenvalue weighted by Crippen LogP contribution is 2.11. The number of benzene rings is 1. The normalized spacial score (nSPS) is 16.0. The van der Waals surface area contributed by atoms with Crippen LogP contribution in [0.4, 0.5) is 0 Å². The standard InChI is InChI=1S/C18H26N2O3/c1-3-8-19-9-5-10-20(12-11-19)17(21)14-15-6-4-7-16(13-15)18(22)23-2/h4,6-7,13H,3,5,8-12,14H2,1-2H3. The number of amides is 1. The van der Waals surface area contributed by atoms with Gasteiger partial charge in [-0.25, -0.2) is 4.79 Å². The number of carbonyl (C=O) groups is 2. The first-order chi connectivity index (χ1) is 11.1. The van der Waals surface area contributed by atoms with Crippen molar-refractivity contribution in [3.8, 4) is 0 Å². The molecule has 1 aromatic rings. The van der Waals surface area contributed by atoms with Gasteiger partial charge in [-0.15, -0.1) is 0 Å². The van der Waals surface area contributed by atoms with Crippen molar-refractivity contribution in [2.24, 2.45) is 0 Å². The van der Waals surface area contributed by atoms with Crippen LogP contribution in [-0.4, -0.2) is 61.5 Å². The molecule has 0 aliphatic carbocycles. The highest BCUT2D eigenvalue weighted by atomic mass is 16.5. The Labute approximate surface area is 138 Å². The number of nitrogens with zero attached hydrogens (tertiary/aromatic N) is 2. The van der Waals surface area contributed by atoms with Crippen molar-refractivity contribution >= 4 is 11.9 Å². The fourth-order valence-corrected chi connectivity index (χ4v) is 2.97. The van der Waals surface area contributed by atoms with E-state index in [9.17, 15) is 9.59 Å². The maximum Gasteiger partial charge on any atom is 0.337 e. The van der Waals surface area contributed by atoms with Crippen LogP contribution in [0.3, 0.4) is 0 Å². The monoisotopic (exact) mass is 318 g/mol. The largest absolute Gasteiger partial charge is 0.465 e. The van der Waals surface area contributed by atoms with Crippen LogP contribution in [0, 0.1) is 0 Å². The molecule has 1 heterocycles. The zero-order chi connectivity index (χ0) is 16.7. The molecule has 0 aromatic heterocycles. The molecule has 1 aromatic carbocycles. The molecule has 23 heavy (non-hydrogen) atoms. The van der Waals surface area contributed by atoms with E-state index in [1.54, 1.807) is 18.2 Å². The van der Waals surface area contributed by atoms with Gasteiger partial charge in [-0.3, -0.25) is 4.79 Å². The van der Waals surface area contributed by atoms with E-state index in [1.807, 2.05) is 11.0 Å². The second-order valence-electron chi connectivity index (χ2n) is 5.94. The molecule has 0 unspecified atom stereocenters. The minimum atomic E-state index is -0.371. The zero-order valence-electron chi connectivity index (χ0n) is 14.1. The lowest BCUT2D eigenvalue weighted by Gasteiger charge is -2.21. The van der Waals surface area contributed by atoms with Gasteiger partial charge in [0.2, 0.25) is 5.91 Å². The molecule has 126 valence electrons. The van der Waals surface area contributed by atoms with Crippen LogP contribution < -0.4 is 0 Å². The Kier molecular flexibility index (Phi) is 6.59. The Morgan fingerprint density at radius 2 is 2.00 bits per heavy atom. The molecule has 0 radical (unpaired) electrons. The minimum Gasteiger partial charge on any atom is -0.465 e. The molecule has 2 rings (SSSR count). The van der Waals surface area contributed by atoms with Crippen molar-refractivity contribution in [1.82, 2.24) is 9.80 Å². The highest BCUT2D eigenvalue weighted by Gasteiger charge is 2.19. The Hall–Kier alpha value is -1.88. The van der Waals surface area contributed by atoms with Gasteiger partial charge < -0.3 is 14.5 Å². The third-order valence-electron chi connectivity index (χ3n) is 4.18. The molecule has 0 atom stereocenters. The SMILES string of the molecule is CCCN1CCCN(C(=O)Cc2cccc(C(=O)OC)c2)CC1. The van der Waals surface area contributed by atoms with Gasteiger partial charge in [0.25, 0.3) is 0 Å². The van der Waals surface area contributed by atoms with Gasteiger partial charge in [0, 0.05) is 19.6 Å². The lowest BCUT2D eigenvalue weighted by atomic mass is 10.1. The summed E-state index contributed by atoms with van der Waals surface area (Å²) in [5, 5.41) is 0. The predicted molar refractivity (Wildman–Crippen MR) is 89.4 cm³/mol. The zero-order valence-corrected chi connectivity index (χ0v) is 14.1. The van der Waals surface area contributed by atoms with Crippen molar-refractivity contribution in [1.29, 1.82) is 0 Å². The molecule has 1 saturated heterocycles. The minimum absolute atomic E-state index is 0.130. The van der Waals surface area contributed by atoms with Crippen molar-refractivity contribution < 1.29 is 14.3 Å². The van der Waals surface area contributed by atoms with Crippen LogP contribution in [0.5, 0.6) is 0 Å². The maximum absolute atomic E-state index is 12.5. The lowest BCUT2D eigenvalue weighted by Crippen LogP contribution is -2.36. The summed E-state index contributed by atoms with van der Waals surface area (Å²) in [7, 11) is 1.36. The van der Waals surface area contributed by atoms with Gasteiger partial charge in [0.05, 0.1) is 19.1 Å². The van der Waals surface area contributed by atoms with Crippen molar-refractivity contribution in [3.05, 3.63) is 35.4 Å². The Morgan fingerprint density at radius 3 is 2.74 bits per heavy atom. The number of esters is 1. The molecular formula is C18H26N2O3. The lowest BCUT2D eigenvalue weighted by molar-refractivity contribution is -0.130. The van der Waals surface area contributed by atoms with Crippen LogP contribution in [0.1, 0.15) is 35.7 Å². The molecule has 0 spiro atoms. The highest BCUT2D eigenvalue weighted by molar-refractivity contribution is 5.90. The summed E-state index contributed by atoms with van der Waals surface area (Å²) in [6.45, 7) is 6.90. The fourth-order valence-electron chi connectivity index (χ4n) is 2.97. The molecule has 0 N–H and O–H groups in total. The second kappa shape index (κ2) is 8.67. The van der Waals surface area contributed by atoms with Crippen LogP contribution in [0.2, 0.25) is 0 Å². The second-order valence-corrected chi connectivity index (χ2v) is 5.94. The first-order valence-corrected chi connectivity index (χ1v) is 8.31. The smallest absolute Gasteiger partial charge is 0.337 e. The van der Waals surface area contributed by atoms with Gasteiger partial charge in [-0.05, 0) is 43.6 Å². The first-order valence-electron chi connectivity index (χ1n) is 8.31. The molecule has 0 bridgehead atoms. The van der Waals surface area contributed by atoms with E-state index >= 15 is 0 Å². The third-order valence-corrected chi connectivity index (χ3v) is 4.18. The molecule has 5 heteroatoms. The molecule has 1 aliphatic rings. The van der Waals surface area contributed by atoms with E-state index < -0.39 is 0 Å². The summed E-state index contributed by atoms with van der Waals surface area (Å²) in [6, 6.07) is 7.12. The van der Waals surface area contributed by atoms with Crippen LogP contribution in [-0.2, 0) is 16.0 Å². The summed E-state index contributed by atoms with van der Waals surface area (Å²) >= 11 is 0. The van der Waals surface area contributed by atoms with E-state index in [-0.39, 0.29) is 11.9 Å². The van der Waals surface area contributed by atoms with Crippen LogP contribution >= 0.6 is 0 Å². The summed E-state index contributed by atoms with van der Waals surface area (Å²) in [5.74, 6) is -0.241.